The van der Waals surface area contributed by atoms with Crippen molar-refractivity contribution in [3.05, 3.63) is 23.8 Å². The van der Waals surface area contributed by atoms with Crippen LogP contribution in [0.1, 0.15) is 5.56 Å². The number of hydrogen-bond donors (Lipinski definition) is 1. The number of ether oxygens (including phenoxy) is 1. The summed E-state index contributed by atoms with van der Waals surface area (Å²) in [7, 11) is 1.57. The van der Waals surface area contributed by atoms with E-state index in [4.69, 9.17) is 22.2 Å². The van der Waals surface area contributed by atoms with Gasteiger partial charge in [0.25, 0.3) is 0 Å². The van der Waals surface area contributed by atoms with Crippen LogP contribution >= 0.6 is 12.2 Å². The van der Waals surface area contributed by atoms with Gasteiger partial charge in [0.1, 0.15) is 11.8 Å². The second-order valence-corrected chi connectivity index (χ2v) is 3.18. The fraction of sp³-hybridized carbons (Fsp3) is 0.200. The number of methoxy groups -OCH3 is 1. The lowest BCUT2D eigenvalue weighted by atomic mass is 10.2. The minimum absolute atomic E-state index is 0.133. The van der Waals surface area contributed by atoms with E-state index in [-0.39, 0.29) is 4.99 Å². The van der Waals surface area contributed by atoms with Crippen LogP contribution in [-0.2, 0) is 0 Å². The lowest BCUT2D eigenvalue weighted by Crippen LogP contribution is -2.07. The molecule has 0 fully saturated rings. The molecule has 1 aromatic rings. The molecule has 0 aliphatic heterocycles. The van der Waals surface area contributed by atoms with Crippen molar-refractivity contribution >= 4 is 22.9 Å². The highest BCUT2D eigenvalue weighted by atomic mass is 32.1. The number of nitrogens with zero attached hydrogens (tertiary/aromatic N) is 1. The number of aryl methyl sites for hydroxylation is 1. The van der Waals surface area contributed by atoms with E-state index in [0.717, 1.165) is 11.3 Å². The monoisotopic (exact) mass is 206 g/mol. The van der Waals surface area contributed by atoms with E-state index in [1.165, 1.54) is 0 Å². The summed E-state index contributed by atoms with van der Waals surface area (Å²) < 4.78 is 5.11. The van der Waals surface area contributed by atoms with Crippen LogP contribution in [0.2, 0.25) is 0 Å². The van der Waals surface area contributed by atoms with Crippen molar-refractivity contribution in [2.45, 2.75) is 6.92 Å². The quantitative estimate of drug-likeness (QED) is 0.754. The smallest absolute Gasteiger partial charge is 0.182 e. The maximum Gasteiger partial charge on any atom is 0.182 e. The zero-order valence-electron chi connectivity index (χ0n) is 8.00. The number of hydrogen-bond acceptors (Lipinski definition) is 3. The molecule has 72 valence electrons. The number of thiocarbonyl (C=S) groups is 1. The van der Waals surface area contributed by atoms with Crippen molar-refractivity contribution in [3.8, 4) is 11.8 Å². The molecule has 0 amide bonds. The van der Waals surface area contributed by atoms with Gasteiger partial charge in [-0.2, -0.15) is 5.26 Å². The minimum atomic E-state index is 0.133. The second-order valence-electron chi connectivity index (χ2n) is 2.77. The van der Waals surface area contributed by atoms with Crippen LogP contribution in [0.15, 0.2) is 18.2 Å². The highest BCUT2D eigenvalue weighted by molar-refractivity contribution is 7.81. The Balaban J connectivity index is 3.00. The average Bonchev–Trinajstić information content (AvgIpc) is 2.18. The van der Waals surface area contributed by atoms with Crippen molar-refractivity contribution in [1.82, 2.24) is 0 Å². The summed E-state index contributed by atoms with van der Waals surface area (Å²) in [5.41, 5.74) is 1.80. The molecule has 0 spiro atoms. The Bertz CT molecular complexity index is 396. The van der Waals surface area contributed by atoms with E-state index in [2.05, 4.69) is 5.32 Å². The molecule has 1 aromatic carbocycles. The van der Waals surface area contributed by atoms with Crippen molar-refractivity contribution in [1.29, 1.82) is 5.26 Å². The summed E-state index contributed by atoms with van der Waals surface area (Å²) in [5, 5.41) is 11.3. The van der Waals surface area contributed by atoms with Gasteiger partial charge in [-0.3, -0.25) is 0 Å². The molecule has 0 aliphatic carbocycles. The maximum atomic E-state index is 8.53. The number of anilines is 1. The minimum Gasteiger partial charge on any atom is -0.495 e. The highest BCUT2D eigenvalue weighted by Gasteiger charge is 2.03. The number of rotatable bonds is 2. The Kier molecular flexibility index (Phi) is 3.43. The van der Waals surface area contributed by atoms with Crippen LogP contribution in [0, 0.1) is 18.3 Å². The molecule has 0 saturated carbocycles. The van der Waals surface area contributed by atoms with Gasteiger partial charge in [-0.1, -0.05) is 6.07 Å². The number of nitriles is 1. The van der Waals surface area contributed by atoms with Crippen LogP contribution in [-0.4, -0.2) is 12.1 Å². The first-order valence-electron chi connectivity index (χ1n) is 4.03. The third-order valence-electron chi connectivity index (χ3n) is 1.70. The van der Waals surface area contributed by atoms with Gasteiger partial charge in [0.05, 0.1) is 12.8 Å². The molecular weight excluding hydrogens is 196 g/mol. The third kappa shape index (κ3) is 2.44. The number of nitrogens with one attached hydrogen (secondary N) is 1. The Morgan fingerprint density at radius 1 is 1.57 bits per heavy atom. The first kappa shape index (κ1) is 10.5. The van der Waals surface area contributed by atoms with E-state index in [0.29, 0.717) is 5.75 Å². The zero-order chi connectivity index (χ0) is 10.6. The van der Waals surface area contributed by atoms with Crippen molar-refractivity contribution in [3.63, 3.8) is 0 Å². The molecule has 0 bridgehead atoms. The lowest BCUT2D eigenvalue weighted by molar-refractivity contribution is 0.417. The van der Waals surface area contributed by atoms with Gasteiger partial charge in [-0.15, -0.1) is 0 Å². The van der Waals surface area contributed by atoms with Crippen molar-refractivity contribution in [2.75, 3.05) is 12.4 Å². The SMILES string of the molecule is COc1ccc(C)cc1NC(=S)C#N. The summed E-state index contributed by atoms with van der Waals surface area (Å²) in [5.74, 6) is 0.674. The van der Waals surface area contributed by atoms with E-state index in [1.54, 1.807) is 7.11 Å². The molecule has 1 rings (SSSR count). The topological polar surface area (TPSA) is 45.0 Å². The van der Waals surface area contributed by atoms with E-state index in [9.17, 15) is 0 Å². The molecule has 0 heterocycles. The first-order valence-corrected chi connectivity index (χ1v) is 4.44. The molecule has 0 aromatic heterocycles. The summed E-state index contributed by atoms with van der Waals surface area (Å²) in [6.07, 6.45) is 0. The molecule has 0 unspecified atom stereocenters. The van der Waals surface area contributed by atoms with Gasteiger partial charge in [0.15, 0.2) is 4.99 Å². The predicted octanol–water partition coefficient (Wildman–Crippen LogP) is 2.27. The van der Waals surface area contributed by atoms with Crippen LogP contribution in [0.3, 0.4) is 0 Å². The van der Waals surface area contributed by atoms with E-state index in [1.807, 2.05) is 31.2 Å². The van der Waals surface area contributed by atoms with Gasteiger partial charge in [-0.05, 0) is 36.8 Å². The zero-order valence-corrected chi connectivity index (χ0v) is 8.81. The Morgan fingerprint density at radius 2 is 2.29 bits per heavy atom. The van der Waals surface area contributed by atoms with Crippen molar-refractivity contribution < 1.29 is 4.74 Å². The van der Waals surface area contributed by atoms with E-state index >= 15 is 0 Å². The van der Waals surface area contributed by atoms with Gasteiger partial charge in [0.2, 0.25) is 0 Å². The van der Waals surface area contributed by atoms with Crippen LogP contribution in [0.4, 0.5) is 5.69 Å². The Morgan fingerprint density at radius 3 is 2.86 bits per heavy atom. The normalized spacial score (nSPS) is 8.93. The van der Waals surface area contributed by atoms with Gasteiger partial charge in [-0.25, -0.2) is 0 Å². The molecule has 4 heteroatoms. The van der Waals surface area contributed by atoms with Crippen LogP contribution in [0.25, 0.3) is 0 Å². The molecule has 0 radical (unpaired) electrons. The fourth-order valence-electron chi connectivity index (χ4n) is 1.07. The van der Waals surface area contributed by atoms with Gasteiger partial charge >= 0.3 is 0 Å². The van der Waals surface area contributed by atoms with E-state index < -0.39 is 0 Å². The summed E-state index contributed by atoms with van der Waals surface area (Å²) in [4.78, 5) is 0.133. The largest absolute Gasteiger partial charge is 0.495 e. The second kappa shape index (κ2) is 4.58. The molecule has 0 saturated heterocycles. The first-order chi connectivity index (χ1) is 6.67. The molecule has 14 heavy (non-hydrogen) atoms. The molecule has 0 aliphatic rings. The van der Waals surface area contributed by atoms with Gasteiger partial charge in [0, 0.05) is 0 Å². The lowest BCUT2D eigenvalue weighted by Gasteiger charge is -2.09. The van der Waals surface area contributed by atoms with Crippen LogP contribution < -0.4 is 10.1 Å². The summed E-state index contributed by atoms with van der Waals surface area (Å²) in [6, 6.07) is 7.49. The highest BCUT2D eigenvalue weighted by Crippen LogP contribution is 2.24. The molecule has 3 nitrogen and oxygen atoms in total. The predicted molar refractivity (Wildman–Crippen MR) is 59.6 cm³/mol. The van der Waals surface area contributed by atoms with Gasteiger partial charge < -0.3 is 10.1 Å². The summed E-state index contributed by atoms with van der Waals surface area (Å²) in [6.45, 7) is 1.96. The van der Waals surface area contributed by atoms with Crippen molar-refractivity contribution in [2.24, 2.45) is 0 Å². The standard InChI is InChI=1S/C10H10N2OS/c1-7-3-4-9(13-2)8(5-7)12-10(14)6-11/h3-5H,1-2H3,(H,12,14). The molecule has 1 N–H and O–H groups in total. The van der Waals surface area contributed by atoms with Crippen LogP contribution in [0.5, 0.6) is 5.75 Å². The number of benzene rings is 1. The Hall–Kier alpha value is -1.60. The fourth-order valence-corrected chi connectivity index (χ4v) is 1.18. The average molecular weight is 206 g/mol. The molecular formula is C10H10N2OS. The summed E-state index contributed by atoms with van der Waals surface area (Å²) >= 11 is 4.76. The third-order valence-corrected chi connectivity index (χ3v) is 1.90. The Labute approximate surface area is 88.3 Å². The maximum absolute atomic E-state index is 8.53. The molecule has 0 atom stereocenters.